The molecule has 0 aliphatic rings. The predicted molar refractivity (Wildman–Crippen MR) is 70.8 cm³/mol. The fourth-order valence-electron chi connectivity index (χ4n) is 1.59. The van der Waals surface area contributed by atoms with E-state index < -0.39 is 5.97 Å². The minimum absolute atomic E-state index is 0.207. The number of carbonyl (C=O) groups is 1. The number of aliphatic carboxylic acids is 1. The van der Waals surface area contributed by atoms with Gasteiger partial charge in [-0.25, -0.2) is 4.98 Å². The zero-order valence-corrected chi connectivity index (χ0v) is 11.3. The number of hydrogen-bond acceptors (Lipinski definition) is 4. The Balaban J connectivity index is 2.29. The molecule has 0 amide bonds. The molecule has 100 valence electrons. The van der Waals surface area contributed by atoms with E-state index in [2.05, 4.69) is 15.3 Å². The van der Waals surface area contributed by atoms with Gasteiger partial charge in [0.15, 0.2) is 0 Å². The maximum Gasteiger partial charge on any atom is 0.306 e. The van der Waals surface area contributed by atoms with Gasteiger partial charge in [0.25, 0.3) is 0 Å². The molecule has 0 bridgehead atoms. The summed E-state index contributed by atoms with van der Waals surface area (Å²) in [6.45, 7) is 3.75. The topological polar surface area (TPSA) is 75.1 Å². The summed E-state index contributed by atoms with van der Waals surface area (Å²) in [4.78, 5) is 18.7. The lowest BCUT2D eigenvalue weighted by molar-refractivity contribution is -0.141. The second-order valence-corrected chi connectivity index (χ2v) is 4.83. The minimum atomic E-state index is -0.740. The quantitative estimate of drug-likeness (QED) is 0.798. The lowest BCUT2D eigenvalue weighted by atomic mass is 10.0. The molecular formula is C12H18ClN3O2. The maximum atomic E-state index is 10.7. The van der Waals surface area contributed by atoms with Crippen molar-refractivity contribution in [2.24, 2.45) is 5.92 Å². The molecular weight excluding hydrogens is 254 g/mol. The monoisotopic (exact) mass is 271 g/mol. The molecule has 1 rings (SSSR count). The molecule has 0 aromatic carbocycles. The highest BCUT2D eigenvalue weighted by Crippen LogP contribution is 2.13. The van der Waals surface area contributed by atoms with E-state index in [0.29, 0.717) is 17.4 Å². The molecule has 0 spiro atoms. The third kappa shape index (κ3) is 5.31. The van der Waals surface area contributed by atoms with Crippen LogP contribution in [0, 0.1) is 5.92 Å². The van der Waals surface area contributed by atoms with Gasteiger partial charge in [0.2, 0.25) is 0 Å². The fourth-order valence-corrected chi connectivity index (χ4v) is 1.74. The van der Waals surface area contributed by atoms with E-state index in [-0.39, 0.29) is 12.0 Å². The normalized spacial score (nSPS) is 13.9. The van der Waals surface area contributed by atoms with Crippen LogP contribution in [0.4, 0.5) is 5.82 Å². The molecule has 0 fully saturated rings. The summed E-state index contributed by atoms with van der Waals surface area (Å²) in [5.74, 6) is -0.388. The van der Waals surface area contributed by atoms with Gasteiger partial charge in [-0.05, 0) is 19.8 Å². The Morgan fingerprint density at radius 1 is 1.44 bits per heavy atom. The lowest BCUT2D eigenvalue weighted by Crippen LogP contribution is -2.17. The Bertz CT molecular complexity index is 401. The summed E-state index contributed by atoms with van der Waals surface area (Å²) in [5, 5.41) is 12.3. The average Bonchev–Trinajstić information content (AvgIpc) is 2.28. The van der Waals surface area contributed by atoms with E-state index in [4.69, 9.17) is 16.7 Å². The van der Waals surface area contributed by atoms with E-state index >= 15 is 0 Å². The van der Waals surface area contributed by atoms with Crippen molar-refractivity contribution in [2.45, 2.75) is 39.2 Å². The first-order valence-corrected chi connectivity index (χ1v) is 6.33. The predicted octanol–water partition coefficient (Wildman–Crippen LogP) is 2.82. The Morgan fingerprint density at radius 3 is 2.78 bits per heavy atom. The van der Waals surface area contributed by atoms with Gasteiger partial charge in [0.05, 0.1) is 18.3 Å². The van der Waals surface area contributed by atoms with Crippen molar-refractivity contribution >= 4 is 23.4 Å². The van der Waals surface area contributed by atoms with Crippen LogP contribution in [-0.4, -0.2) is 27.1 Å². The maximum absolute atomic E-state index is 10.7. The zero-order valence-electron chi connectivity index (χ0n) is 10.6. The summed E-state index contributed by atoms with van der Waals surface area (Å²) >= 11 is 5.73. The minimum Gasteiger partial charge on any atom is -0.481 e. The Hall–Kier alpha value is -1.36. The lowest BCUT2D eigenvalue weighted by Gasteiger charge is -2.14. The largest absolute Gasteiger partial charge is 0.481 e. The van der Waals surface area contributed by atoms with Gasteiger partial charge in [0.1, 0.15) is 11.0 Å². The molecule has 0 aliphatic heterocycles. The second kappa shape index (κ2) is 7.16. The van der Waals surface area contributed by atoms with Crippen LogP contribution in [0.2, 0.25) is 5.15 Å². The van der Waals surface area contributed by atoms with Crippen molar-refractivity contribution < 1.29 is 9.90 Å². The number of carboxylic acid groups (broad SMARTS) is 1. The molecule has 2 atom stereocenters. The summed E-state index contributed by atoms with van der Waals surface area (Å²) in [6, 6.07) is 0.207. The highest BCUT2D eigenvalue weighted by Gasteiger charge is 2.11. The fraction of sp³-hybridized carbons (Fsp3) is 0.583. The second-order valence-electron chi connectivity index (χ2n) is 4.44. The molecule has 1 aromatic heterocycles. The van der Waals surface area contributed by atoms with Crippen LogP contribution >= 0.6 is 11.6 Å². The zero-order chi connectivity index (χ0) is 13.5. The van der Waals surface area contributed by atoms with Gasteiger partial charge >= 0.3 is 5.97 Å². The summed E-state index contributed by atoms with van der Waals surface area (Å²) < 4.78 is 0. The Morgan fingerprint density at radius 2 is 2.17 bits per heavy atom. The van der Waals surface area contributed by atoms with Crippen LogP contribution in [0.25, 0.3) is 0 Å². The van der Waals surface area contributed by atoms with Gasteiger partial charge in [-0.1, -0.05) is 24.9 Å². The molecule has 18 heavy (non-hydrogen) atoms. The van der Waals surface area contributed by atoms with Crippen LogP contribution in [0.5, 0.6) is 0 Å². The highest BCUT2D eigenvalue weighted by atomic mass is 35.5. The van der Waals surface area contributed by atoms with E-state index in [1.54, 1.807) is 13.1 Å². The number of hydrogen-bond donors (Lipinski definition) is 2. The molecule has 1 heterocycles. The summed E-state index contributed by atoms with van der Waals surface area (Å²) in [5.41, 5.74) is 0. The van der Waals surface area contributed by atoms with E-state index in [9.17, 15) is 4.79 Å². The number of aromatic nitrogens is 2. The van der Waals surface area contributed by atoms with Gasteiger partial charge in [-0.3, -0.25) is 9.78 Å². The number of rotatable bonds is 7. The average molecular weight is 272 g/mol. The van der Waals surface area contributed by atoms with Gasteiger partial charge in [0, 0.05) is 6.04 Å². The van der Waals surface area contributed by atoms with E-state index in [1.165, 1.54) is 6.20 Å². The molecule has 0 radical (unpaired) electrons. The van der Waals surface area contributed by atoms with Crippen molar-refractivity contribution in [1.29, 1.82) is 0 Å². The molecule has 5 nitrogen and oxygen atoms in total. The van der Waals surface area contributed by atoms with E-state index in [0.717, 1.165) is 12.8 Å². The number of anilines is 1. The molecule has 0 aliphatic carbocycles. The molecule has 0 saturated carbocycles. The first-order valence-electron chi connectivity index (χ1n) is 5.96. The van der Waals surface area contributed by atoms with Crippen molar-refractivity contribution in [3.8, 4) is 0 Å². The van der Waals surface area contributed by atoms with Crippen LogP contribution < -0.4 is 5.32 Å². The third-order valence-electron chi connectivity index (χ3n) is 2.70. The van der Waals surface area contributed by atoms with Crippen molar-refractivity contribution in [1.82, 2.24) is 9.97 Å². The van der Waals surface area contributed by atoms with Crippen molar-refractivity contribution in [3.05, 3.63) is 17.5 Å². The van der Waals surface area contributed by atoms with Crippen molar-refractivity contribution in [3.63, 3.8) is 0 Å². The molecule has 2 unspecified atom stereocenters. The SMILES string of the molecule is CC(CCCC(C)C(=O)O)Nc1cncc(Cl)n1. The van der Waals surface area contributed by atoms with Crippen LogP contribution in [-0.2, 0) is 4.79 Å². The Labute approximate surface area is 112 Å². The smallest absolute Gasteiger partial charge is 0.306 e. The molecule has 6 heteroatoms. The van der Waals surface area contributed by atoms with E-state index in [1.807, 2.05) is 6.92 Å². The number of carboxylic acids is 1. The number of halogens is 1. The molecule has 1 aromatic rings. The van der Waals surface area contributed by atoms with Gasteiger partial charge in [-0.2, -0.15) is 0 Å². The summed E-state index contributed by atoms with van der Waals surface area (Å²) in [7, 11) is 0. The third-order valence-corrected chi connectivity index (χ3v) is 2.88. The first-order chi connectivity index (χ1) is 8.49. The number of nitrogens with one attached hydrogen (secondary N) is 1. The highest BCUT2D eigenvalue weighted by molar-refractivity contribution is 6.29. The molecule has 2 N–H and O–H groups in total. The van der Waals surface area contributed by atoms with Gasteiger partial charge < -0.3 is 10.4 Å². The Kier molecular flexibility index (Phi) is 5.85. The summed E-state index contributed by atoms with van der Waals surface area (Å²) in [6.07, 6.45) is 5.51. The van der Waals surface area contributed by atoms with Crippen LogP contribution in [0.1, 0.15) is 33.1 Å². The first kappa shape index (κ1) is 14.7. The molecule has 0 saturated heterocycles. The number of nitrogens with zero attached hydrogens (tertiary/aromatic N) is 2. The van der Waals surface area contributed by atoms with Crippen LogP contribution in [0.15, 0.2) is 12.4 Å². The van der Waals surface area contributed by atoms with Crippen molar-refractivity contribution in [2.75, 3.05) is 5.32 Å². The van der Waals surface area contributed by atoms with Crippen LogP contribution in [0.3, 0.4) is 0 Å². The standard InChI is InChI=1S/C12H18ClN3O2/c1-8(12(17)18)4-3-5-9(2)15-11-7-14-6-10(13)16-11/h6-9H,3-5H2,1-2H3,(H,15,16)(H,17,18). The van der Waals surface area contributed by atoms with Gasteiger partial charge in [-0.15, -0.1) is 0 Å².